The van der Waals surface area contributed by atoms with Crippen molar-refractivity contribution < 1.29 is 4.39 Å². The average molecular weight is 426 g/mol. The monoisotopic (exact) mass is 425 g/mol. The summed E-state index contributed by atoms with van der Waals surface area (Å²) in [6.45, 7) is 6.68. The number of hydrogen-bond acceptors (Lipinski definition) is 4. The highest BCUT2D eigenvalue weighted by Crippen LogP contribution is 2.44. The van der Waals surface area contributed by atoms with E-state index in [1.54, 1.807) is 12.1 Å². The van der Waals surface area contributed by atoms with E-state index in [4.69, 9.17) is 16.6 Å². The van der Waals surface area contributed by atoms with E-state index in [1.165, 1.54) is 11.8 Å². The maximum Gasteiger partial charge on any atom is 0.129 e. The second-order valence-corrected chi connectivity index (χ2v) is 9.04. The molecule has 0 bridgehead atoms. The summed E-state index contributed by atoms with van der Waals surface area (Å²) in [4.78, 5) is 11.4. The van der Waals surface area contributed by atoms with E-state index >= 15 is 0 Å². The zero-order valence-corrected chi connectivity index (χ0v) is 18.0. The predicted molar refractivity (Wildman–Crippen MR) is 117 cm³/mol. The molecule has 0 atom stereocenters. The second kappa shape index (κ2) is 7.36. The Bertz CT molecular complexity index is 1080. The third-order valence-electron chi connectivity index (χ3n) is 6.33. The Balaban J connectivity index is 1.43. The average Bonchev–Trinajstić information content (AvgIpc) is 3.19. The number of benzene rings is 1. The highest BCUT2D eigenvalue weighted by Gasteiger charge is 2.43. The standard InChI is InChI=1S/C23H25ClFN5/c1-15(2)22-27-13-21-23(28-19-12-26-8-5-20(19)30(21)22)6-9-29(10-7-23)14-16-3-4-17(24)11-18(16)25/h3-5,8,11-13,15,28H,6-7,9-10,14H2,1-2H3. The van der Waals surface area contributed by atoms with Gasteiger partial charge in [0.1, 0.15) is 11.6 Å². The molecule has 4 heterocycles. The minimum atomic E-state index is -0.238. The van der Waals surface area contributed by atoms with Crippen LogP contribution in [0.4, 0.5) is 10.1 Å². The third-order valence-corrected chi connectivity index (χ3v) is 6.56. The summed E-state index contributed by atoms with van der Waals surface area (Å²) < 4.78 is 16.6. The number of imidazole rings is 1. The Morgan fingerprint density at radius 2 is 2.00 bits per heavy atom. The van der Waals surface area contributed by atoms with Gasteiger partial charge in [0.15, 0.2) is 0 Å². The molecule has 0 radical (unpaired) electrons. The molecule has 0 amide bonds. The number of pyridine rings is 1. The number of rotatable bonds is 3. The first-order valence-electron chi connectivity index (χ1n) is 10.4. The molecule has 0 unspecified atom stereocenters. The van der Waals surface area contributed by atoms with Gasteiger partial charge in [-0.3, -0.25) is 14.5 Å². The molecule has 1 saturated heterocycles. The smallest absolute Gasteiger partial charge is 0.129 e. The van der Waals surface area contributed by atoms with Gasteiger partial charge in [0.2, 0.25) is 0 Å². The summed E-state index contributed by atoms with van der Waals surface area (Å²) in [5.41, 5.74) is 3.86. The van der Waals surface area contributed by atoms with E-state index in [1.807, 2.05) is 24.7 Å². The van der Waals surface area contributed by atoms with Crippen LogP contribution in [0, 0.1) is 5.82 Å². The lowest BCUT2D eigenvalue weighted by molar-refractivity contribution is 0.160. The van der Waals surface area contributed by atoms with Gasteiger partial charge in [-0.15, -0.1) is 0 Å². The second-order valence-electron chi connectivity index (χ2n) is 8.60. The molecule has 0 saturated carbocycles. The van der Waals surface area contributed by atoms with Crippen LogP contribution in [-0.2, 0) is 12.1 Å². The van der Waals surface area contributed by atoms with Crippen molar-refractivity contribution in [2.24, 2.45) is 0 Å². The van der Waals surface area contributed by atoms with Crippen molar-refractivity contribution in [3.8, 4) is 5.69 Å². The summed E-state index contributed by atoms with van der Waals surface area (Å²) in [5, 5.41) is 4.21. The van der Waals surface area contributed by atoms with Gasteiger partial charge < -0.3 is 5.32 Å². The summed E-state index contributed by atoms with van der Waals surface area (Å²) in [7, 11) is 0. The lowest BCUT2D eigenvalue weighted by Gasteiger charge is -2.46. The van der Waals surface area contributed by atoms with Crippen LogP contribution < -0.4 is 5.32 Å². The van der Waals surface area contributed by atoms with E-state index in [-0.39, 0.29) is 11.4 Å². The highest BCUT2D eigenvalue weighted by atomic mass is 35.5. The van der Waals surface area contributed by atoms with Crippen LogP contribution in [0.25, 0.3) is 5.69 Å². The van der Waals surface area contributed by atoms with Crippen molar-refractivity contribution in [3.63, 3.8) is 0 Å². The Kier molecular flexibility index (Phi) is 4.79. The molecule has 5 nitrogen and oxygen atoms in total. The number of likely N-dealkylation sites (tertiary alicyclic amines) is 1. The molecule has 1 aromatic carbocycles. The van der Waals surface area contributed by atoms with Crippen molar-refractivity contribution in [1.82, 2.24) is 19.4 Å². The third kappa shape index (κ3) is 3.19. The molecule has 1 fully saturated rings. The van der Waals surface area contributed by atoms with Crippen LogP contribution in [0.1, 0.15) is 49.7 Å². The fourth-order valence-electron chi connectivity index (χ4n) is 4.73. The molecule has 2 aliphatic rings. The van der Waals surface area contributed by atoms with E-state index < -0.39 is 0 Å². The Hall–Kier alpha value is -2.44. The minimum absolute atomic E-state index is 0.189. The van der Waals surface area contributed by atoms with Gasteiger partial charge in [-0.1, -0.05) is 31.5 Å². The van der Waals surface area contributed by atoms with Crippen molar-refractivity contribution in [2.45, 2.75) is 44.7 Å². The first-order valence-corrected chi connectivity index (χ1v) is 10.8. The molecule has 2 aromatic heterocycles. The normalized spacial score (nSPS) is 17.6. The molecule has 1 spiro atoms. The summed E-state index contributed by atoms with van der Waals surface area (Å²) in [6, 6.07) is 6.97. The number of hydrogen-bond donors (Lipinski definition) is 1. The summed E-state index contributed by atoms with van der Waals surface area (Å²) in [5.74, 6) is 1.16. The van der Waals surface area contributed by atoms with E-state index in [9.17, 15) is 4.39 Å². The van der Waals surface area contributed by atoms with Crippen LogP contribution in [0.3, 0.4) is 0 Å². The van der Waals surface area contributed by atoms with Crippen LogP contribution in [0.2, 0.25) is 5.02 Å². The number of nitrogens with one attached hydrogen (secondary N) is 1. The number of aromatic nitrogens is 3. The first-order chi connectivity index (χ1) is 14.5. The van der Waals surface area contributed by atoms with Gasteiger partial charge in [-0.2, -0.15) is 0 Å². The molecule has 7 heteroatoms. The Morgan fingerprint density at radius 3 is 2.73 bits per heavy atom. The molecule has 5 rings (SSSR count). The van der Waals surface area contributed by atoms with Crippen LogP contribution >= 0.6 is 11.6 Å². The summed E-state index contributed by atoms with van der Waals surface area (Å²) >= 11 is 5.90. The molecule has 0 aliphatic carbocycles. The quantitative estimate of drug-likeness (QED) is 0.634. The van der Waals surface area contributed by atoms with Gasteiger partial charge in [0.05, 0.1) is 35.0 Å². The minimum Gasteiger partial charge on any atom is -0.371 e. The molecule has 156 valence electrons. The van der Waals surface area contributed by atoms with Crippen LogP contribution in [-0.4, -0.2) is 32.5 Å². The number of nitrogens with zero attached hydrogens (tertiary/aromatic N) is 4. The van der Waals surface area contributed by atoms with Crippen molar-refractivity contribution in [2.75, 3.05) is 18.4 Å². The lowest BCUT2D eigenvalue weighted by Crippen LogP contribution is -2.49. The molecule has 3 aromatic rings. The number of anilines is 1. The van der Waals surface area contributed by atoms with Crippen molar-refractivity contribution in [3.05, 3.63) is 70.8 Å². The van der Waals surface area contributed by atoms with E-state index in [2.05, 4.69) is 33.6 Å². The van der Waals surface area contributed by atoms with Gasteiger partial charge in [0.25, 0.3) is 0 Å². The fraction of sp³-hybridized carbons (Fsp3) is 0.391. The Morgan fingerprint density at radius 1 is 1.20 bits per heavy atom. The molecule has 30 heavy (non-hydrogen) atoms. The SMILES string of the molecule is CC(C)c1ncc2n1-c1ccncc1NC21CCN(Cc2ccc(Cl)cc2F)CC1. The molecule has 1 N–H and O–H groups in total. The van der Waals surface area contributed by atoms with Crippen molar-refractivity contribution >= 4 is 17.3 Å². The maximum atomic E-state index is 14.3. The topological polar surface area (TPSA) is 46.0 Å². The van der Waals surface area contributed by atoms with Gasteiger partial charge in [-0.25, -0.2) is 9.37 Å². The fourth-order valence-corrected chi connectivity index (χ4v) is 4.89. The van der Waals surface area contributed by atoms with E-state index in [0.717, 1.165) is 43.1 Å². The number of fused-ring (bicyclic) bond motifs is 4. The first kappa shape index (κ1) is 19.5. The number of piperidine rings is 1. The van der Waals surface area contributed by atoms with Crippen molar-refractivity contribution in [1.29, 1.82) is 0 Å². The maximum absolute atomic E-state index is 14.3. The van der Waals surface area contributed by atoms with Gasteiger partial charge >= 0.3 is 0 Å². The van der Waals surface area contributed by atoms with Gasteiger partial charge in [0, 0.05) is 42.3 Å². The summed E-state index contributed by atoms with van der Waals surface area (Å²) in [6.07, 6.45) is 7.59. The van der Waals surface area contributed by atoms with Gasteiger partial charge in [-0.05, 0) is 31.0 Å². The molecular weight excluding hydrogens is 401 g/mol. The zero-order valence-electron chi connectivity index (χ0n) is 17.2. The van der Waals surface area contributed by atoms with E-state index in [0.29, 0.717) is 23.0 Å². The number of halogens is 2. The van der Waals surface area contributed by atoms with Crippen LogP contribution in [0.15, 0.2) is 42.9 Å². The van der Waals surface area contributed by atoms with Crippen LogP contribution in [0.5, 0.6) is 0 Å². The Labute approximate surface area is 180 Å². The molecule has 2 aliphatic heterocycles. The lowest BCUT2D eigenvalue weighted by atomic mass is 9.82. The predicted octanol–water partition coefficient (Wildman–Crippen LogP) is 5.10. The largest absolute Gasteiger partial charge is 0.371 e. The molecular formula is C23H25ClFN5. The highest BCUT2D eigenvalue weighted by molar-refractivity contribution is 6.30. The zero-order chi connectivity index (χ0) is 20.9.